The molecule has 5 rings (SSSR count). The van der Waals surface area contributed by atoms with Gasteiger partial charge in [0.1, 0.15) is 18.1 Å². The quantitative estimate of drug-likeness (QED) is 0.414. The van der Waals surface area contributed by atoms with Crippen molar-refractivity contribution in [2.24, 2.45) is 0 Å². The monoisotopic (exact) mass is 467 g/mol. The van der Waals surface area contributed by atoms with Gasteiger partial charge in [-0.2, -0.15) is 13.2 Å². The second kappa shape index (κ2) is 9.71. The number of para-hydroxylation sites is 2. The van der Waals surface area contributed by atoms with E-state index in [4.69, 9.17) is 9.47 Å². The Kier molecular flexibility index (Phi) is 6.50. The number of hydrogen-bond donors (Lipinski definition) is 0. The van der Waals surface area contributed by atoms with Crippen LogP contribution in [0.5, 0.6) is 11.5 Å². The van der Waals surface area contributed by atoms with Crippen LogP contribution in [0.25, 0.3) is 0 Å². The zero-order chi connectivity index (χ0) is 23.5. The van der Waals surface area contributed by atoms with Crippen molar-refractivity contribution >= 4 is 0 Å². The molecule has 0 spiro atoms. The molecule has 1 fully saturated rings. The summed E-state index contributed by atoms with van der Waals surface area (Å²) in [6.07, 6.45) is -1.88. The lowest BCUT2D eigenvalue weighted by molar-refractivity contribution is -0.137. The van der Waals surface area contributed by atoms with E-state index in [0.29, 0.717) is 13.2 Å². The van der Waals surface area contributed by atoms with Gasteiger partial charge in [0, 0.05) is 29.5 Å². The fraction of sp³-hybridized carbons (Fsp3) is 0.357. The second-order valence-electron chi connectivity index (χ2n) is 8.99. The second-order valence-corrected chi connectivity index (χ2v) is 8.99. The molecule has 0 radical (unpaired) electrons. The van der Waals surface area contributed by atoms with Crippen molar-refractivity contribution in [1.82, 2.24) is 4.90 Å². The zero-order valence-electron chi connectivity index (χ0n) is 18.9. The maximum Gasteiger partial charge on any atom is 0.416 e. The number of halogens is 3. The third-order valence-corrected chi connectivity index (χ3v) is 6.86. The maximum atomic E-state index is 13.1. The number of ether oxygens (including phenoxy) is 2. The summed E-state index contributed by atoms with van der Waals surface area (Å²) in [6.45, 7) is 4.12. The van der Waals surface area contributed by atoms with Gasteiger partial charge in [-0.3, -0.25) is 4.90 Å². The van der Waals surface area contributed by atoms with Gasteiger partial charge in [0.25, 0.3) is 0 Å². The van der Waals surface area contributed by atoms with Crippen LogP contribution in [0.4, 0.5) is 13.2 Å². The largest absolute Gasteiger partial charge is 0.493 e. The molecule has 34 heavy (non-hydrogen) atoms. The fourth-order valence-corrected chi connectivity index (χ4v) is 5.11. The molecule has 3 aromatic rings. The highest BCUT2D eigenvalue weighted by Gasteiger charge is 2.36. The summed E-state index contributed by atoms with van der Waals surface area (Å²) in [6, 6.07) is 21.4. The van der Waals surface area contributed by atoms with Crippen LogP contribution in [-0.4, -0.2) is 37.7 Å². The highest BCUT2D eigenvalue weighted by atomic mass is 19.4. The highest BCUT2D eigenvalue weighted by molar-refractivity contribution is 5.51. The van der Waals surface area contributed by atoms with E-state index in [1.807, 2.05) is 42.5 Å². The minimum absolute atomic E-state index is 0.0929. The molecule has 0 saturated carbocycles. The van der Waals surface area contributed by atoms with E-state index in [1.54, 1.807) is 12.1 Å². The number of hydrogen-bond acceptors (Lipinski definition) is 3. The molecule has 178 valence electrons. The predicted molar refractivity (Wildman–Crippen MR) is 126 cm³/mol. The Bertz CT molecular complexity index is 1110. The van der Waals surface area contributed by atoms with Gasteiger partial charge in [-0.25, -0.2) is 0 Å². The average Bonchev–Trinajstić information content (AvgIpc) is 3.37. The Balaban J connectivity index is 1.48. The molecule has 0 bridgehead atoms. The normalized spacial score (nSPS) is 20.6. The standard InChI is InChI=1S/C28H28F3NO2/c29-28(30,31)21-13-11-20(12-14-21)24-19-34-26-10-4-2-8-23(26)27(24)22-7-1-3-9-25(22)33-18-17-32-15-5-6-16-32/h1-4,7-14,24,27H,5-6,15-19H2. The van der Waals surface area contributed by atoms with Gasteiger partial charge in [-0.15, -0.1) is 0 Å². The fourth-order valence-electron chi connectivity index (χ4n) is 5.11. The first-order valence-electron chi connectivity index (χ1n) is 11.8. The first-order valence-corrected chi connectivity index (χ1v) is 11.8. The van der Waals surface area contributed by atoms with E-state index < -0.39 is 11.7 Å². The molecule has 2 aliphatic heterocycles. The molecule has 6 heteroatoms. The van der Waals surface area contributed by atoms with Crippen molar-refractivity contribution in [1.29, 1.82) is 0 Å². The number of benzene rings is 3. The van der Waals surface area contributed by atoms with E-state index in [9.17, 15) is 13.2 Å². The number of alkyl halides is 3. The number of fused-ring (bicyclic) bond motifs is 1. The minimum Gasteiger partial charge on any atom is -0.493 e. The first kappa shape index (κ1) is 22.8. The molecule has 0 amide bonds. The van der Waals surface area contributed by atoms with Crippen LogP contribution in [0.3, 0.4) is 0 Å². The summed E-state index contributed by atoms with van der Waals surface area (Å²) < 4.78 is 51.8. The summed E-state index contributed by atoms with van der Waals surface area (Å²) in [5.41, 5.74) is 2.23. The Hall–Kier alpha value is -2.99. The molecule has 2 aliphatic rings. The predicted octanol–water partition coefficient (Wildman–Crippen LogP) is 6.49. The van der Waals surface area contributed by atoms with Gasteiger partial charge in [0.2, 0.25) is 0 Å². The van der Waals surface area contributed by atoms with E-state index in [-0.39, 0.29) is 11.8 Å². The van der Waals surface area contributed by atoms with Gasteiger partial charge >= 0.3 is 6.18 Å². The van der Waals surface area contributed by atoms with Gasteiger partial charge < -0.3 is 9.47 Å². The van der Waals surface area contributed by atoms with Gasteiger partial charge in [0.15, 0.2) is 0 Å². The van der Waals surface area contributed by atoms with Crippen LogP contribution in [0.1, 0.15) is 46.9 Å². The van der Waals surface area contributed by atoms with Crippen molar-refractivity contribution in [3.05, 3.63) is 95.1 Å². The summed E-state index contributed by atoms with van der Waals surface area (Å²) in [4.78, 5) is 2.41. The van der Waals surface area contributed by atoms with E-state index in [0.717, 1.165) is 60.0 Å². The van der Waals surface area contributed by atoms with Crippen molar-refractivity contribution in [2.45, 2.75) is 30.9 Å². The Morgan fingerprint density at radius 3 is 2.26 bits per heavy atom. The Morgan fingerprint density at radius 2 is 1.53 bits per heavy atom. The highest BCUT2D eigenvalue weighted by Crippen LogP contribution is 2.48. The maximum absolute atomic E-state index is 13.1. The summed E-state index contributed by atoms with van der Waals surface area (Å²) in [7, 11) is 0. The number of likely N-dealkylation sites (tertiary alicyclic amines) is 1. The van der Waals surface area contributed by atoms with E-state index in [1.165, 1.54) is 12.8 Å². The van der Waals surface area contributed by atoms with Gasteiger partial charge in [0.05, 0.1) is 12.2 Å². The molecule has 0 aromatic heterocycles. The minimum atomic E-state index is -4.36. The van der Waals surface area contributed by atoms with Crippen LogP contribution < -0.4 is 9.47 Å². The summed E-state index contributed by atoms with van der Waals surface area (Å²) in [5.74, 6) is 1.40. The van der Waals surface area contributed by atoms with Crippen LogP contribution in [-0.2, 0) is 6.18 Å². The van der Waals surface area contributed by atoms with E-state index >= 15 is 0 Å². The molecule has 1 saturated heterocycles. The molecule has 2 atom stereocenters. The van der Waals surface area contributed by atoms with Crippen LogP contribution in [0, 0.1) is 0 Å². The number of rotatable bonds is 6. The van der Waals surface area contributed by atoms with E-state index in [2.05, 4.69) is 11.0 Å². The summed E-state index contributed by atoms with van der Waals surface area (Å²) in [5, 5.41) is 0. The van der Waals surface area contributed by atoms with Crippen LogP contribution >= 0.6 is 0 Å². The van der Waals surface area contributed by atoms with Crippen molar-refractivity contribution in [3.8, 4) is 11.5 Å². The van der Waals surface area contributed by atoms with Crippen molar-refractivity contribution < 1.29 is 22.6 Å². The third kappa shape index (κ3) is 4.78. The van der Waals surface area contributed by atoms with Crippen LogP contribution in [0.2, 0.25) is 0 Å². The molecule has 3 aromatic carbocycles. The molecule has 2 heterocycles. The van der Waals surface area contributed by atoms with Gasteiger partial charge in [-0.1, -0.05) is 48.5 Å². The lowest BCUT2D eigenvalue weighted by Crippen LogP contribution is -2.27. The topological polar surface area (TPSA) is 21.7 Å². The number of nitrogens with zero attached hydrogens (tertiary/aromatic N) is 1. The summed E-state index contributed by atoms with van der Waals surface area (Å²) >= 11 is 0. The smallest absolute Gasteiger partial charge is 0.416 e. The average molecular weight is 468 g/mol. The lowest BCUT2D eigenvalue weighted by Gasteiger charge is -2.35. The molecular weight excluding hydrogens is 439 g/mol. The Labute approximate surface area is 198 Å². The molecule has 3 nitrogen and oxygen atoms in total. The molecule has 0 N–H and O–H groups in total. The molecule has 0 aliphatic carbocycles. The van der Waals surface area contributed by atoms with Crippen molar-refractivity contribution in [2.75, 3.05) is 32.8 Å². The molecular formula is C28H28F3NO2. The molecule has 2 unspecified atom stereocenters. The zero-order valence-corrected chi connectivity index (χ0v) is 18.9. The van der Waals surface area contributed by atoms with Gasteiger partial charge in [-0.05, 0) is 55.8 Å². The van der Waals surface area contributed by atoms with Crippen LogP contribution in [0.15, 0.2) is 72.8 Å². The lowest BCUT2D eigenvalue weighted by atomic mass is 9.75. The Morgan fingerprint density at radius 1 is 0.853 bits per heavy atom. The SMILES string of the molecule is FC(F)(F)c1ccc(C2COc3ccccc3C2c2ccccc2OCCN2CCCC2)cc1. The first-order chi connectivity index (χ1) is 16.5. The third-order valence-electron chi connectivity index (χ3n) is 6.86. The van der Waals surface area contributed by atoms with Crippen molar-refractivity contribution in [3.63, 3.8) is 0 Å².